The lowest BCUT2D eigenvalue weighted by molar-refractivity contribution is 0.0515. The highest BCUT2D eigenvalue weighted by molar-refractivity contribution is 5.74. The number of aromatic nitrogens is 4. The van der Waals surface area contributed by atoms with Gasteiger partial charge in [0, 0.05) is 49.5 Å². The predicted octanol–water partition coefficient (Wildman–Crippen LogP) is 3.31. The van der Waals surface area contributed by atoms with Crippen molar-refractivity contribution >= 4 is 5.82 Å². The van der Waals surface area contributed by atoms with Gasteiger partial charge in [0.25, 0.3) is 0 Å². The van der Waals surface area contributed by atoms with Crippen LogP contribution in [0.25, 0.3) is 22.4 Å². The highest BCUT2D eigenvalue weighted by Crippen LogP contribution is 2.34. The molecule has 1 aliphatic heterocycles. The van der Waals surface area contributed by atoms with E-state index in [4.69, 9.17) is 14.2 Å². The third-order valence-electron chi connectivity index (χ3n) is 6.50. The maximum Gasteiger partial charge on any atom is 0.233 e. The molecule has 1 saturated carbocycles. The maximum atomic E-state index is 5.88. The lowest BCUT2D eigenvalue weighted by Crippen LogP contribution is -2.43. The lowest BCUT2D eigenvalue weighted by Gasteiger charge is -2.29. The molecule has 2 aliphatic rings. The number of nitrogens with one attached hydrogen (secondary N) is 1. The van der Waals surface area contributed by atoms with Gasteiger partial charge in [0.05, 0.1) is 19.0 Å². The molecule has 1 saturated heterocycles. The summed E-state index contributed by atoms with van der Waals surface area (Å²) in [5.74, 6) is 2.02. The Labute approximate surface area is 199 Å². The van der Waals surface area contributed by atoms with Crippen LogP contribution in [0, 0.1) is 0 Å². The SMILES string of the molecule is COCOc1cc(-c2cnnc(OC)c2)ccc1-c1ccc(N2CC[C@@H](NC3CCC3)C2)nn1. The van der Waals surface area contributed by atoms with E-state index in [1.807, 2.05) is 36.4 Å². The van der Waals surface area contributed by atoms with E-state index in [-0.39, 0.29) is 6.79 Å². The number of nitrogens with zero attached hydrogens (tertiary/aromatic N) is 5. The van der Waals surface area contributed by atoms with Gasteiger partial charge in [-0.2, -0.15) is 5.10 Å². The zero-order valence-corrected chi connectivity index (χ0v) is 19.6. The summed E-state index contributed by atoms with van der Waals surface area (Å²) in [7, 11) is 3.17. The summed E-state index contributed by atoms with van der Waals surface area (Å²) in [6.07, 6.45) is 6.80. The summed E-state index contributed by atoms with van der Waals surface area (Å²) in [5, 5.41) is 20.8. The summed E-state index contributed by atoms with van der Waals surface area (Å²) in [6.45, 7) is 2.10. The summed E-state index contributed by atoms with van der Waals surface area (Å²) < 4.78 is 16.2. The van der Waals surface area contributed by atoms with Gasteiger partial charge in [-0.1, -0.05) is 12.5 Å². The minimum absolute atomic E-state index is 0.128. The predicted molar refractivity (Wildman–Crippen MR) is 129 cm³/mol. The summed E-state index contributed by atoms with van der Waals surface area (Å²) in [5.41, 5.74) is 3.39. The second-order valence-electron chi connectivity index (χ2n) is 8.75. The molecule has 5 rings (SSSR count). The smallest absolute Gasteiger partial charge is 0.233 e. The molecular formula is C25H30N6O3. The molecule has 2 aromatic heterocycles. The van der Waals surface area contributed by atoms with Gasteiger partial charge in [0.15, 0.2) is 12.6 Å². The largest absolute Gasteiger partial charge is 0.480 e. The molecule has 0 radical (unpaired) electrons. The molecule has 2 fully saturated rings. The first-order valence-corrected chi connectivity index (χ1v) is 11.7. The van der Waals surface area contributed by atoms with Gasteiger partial charge in [-0.25, -0.2) is 0 Å². The molecule has 9 heteroatoms. The Bertz CT molecular complexity index is 1110. The number of hydrogen-bond acceptors (Lipinski definition) is 9. The van der Waals surface area contributed by atoms with Gasteiger partial charge in [-0.05, 0) is 49.1 Å². The lowest BCUT2D eigenvalue weighted by atomic mass is 9.92. The first-order valence-electron chi connectivity index (χ1n) is 11.7. The third kappa shape index (κ3) is 4.95. The molecular weight excluding hydrogens is 432 g/mol. The molecule has 0 bridgehead atoms. The van der Waals surface area contributed by atoms with E-state index in [9.17, 15) is 0 Å². The molecule has 3 heterocycles. The fourth-order valence-corrected chi connectivity index (χ4v) is 4.41. The molecule has 9 nitrogen and oxygen atoms in total. The fraction of sp³-hybridized carbons (Fsp3) is 0.440. The second-order valence-corrected chi connectivity index (χ2v) is 8.75. The quantitative estimate of drug-likeness (QED) is 0.481. The fourth-order valence-electron chi connectivity index (χ4n) is 4.41. The summed E-state index contributed by atoms with van der Waals surface area (Å²) in [6, 6.07) is 13.0. The van der Waals surface area contributed by atoms with Crippen LogP contribution >= 0.6 is 0 Å². The molecule has 178 valence electrons. The molecule has 34 heavy (non-hydrogen) atoms. The van der Waals surface area contributed by atoms with Crippen LogP contribution in [0.15, 0.2) is 42.6 Å². The van der Waals surface area contributed by atoms with Crippen LogP contribution in [-0.2, 0) is 4.74 Å². The topological polar surface area (TPSA) is 94.5 Å². The minimum Gasteiger partial charge on any atom is -0.480 e. The molecule has 1 N–H and O–H groups in total. The summed E-state index contributed by atoms with van der Waals surface area (Å²) in [4.78, 5) is 2.31. The zero-order chi connectivity index (χ0) is 23.3. The van der Waals surface area contributed by atoms with Gasteiger partial charge < -0.3 is 24.4 Å². The van der Waals surface area contributed by atoms with Crippen molar-refractivity contribution in [2.45, 2.75) is 37.8 Å². The summed E-state index contributed by atoms with van der Waals surface area (Å²) >= 11 is 0. The van der Waals surface area contributed by atoms with Crippen LogP contribution in [-0.4, -0.2) is 66.6 Å². The third-order valence-corrected chi connectivity index (χ3v) is 6.50. The molecule has 1 atom stereocenters. The Morgan fingerprint density at radius 3 is 2.62 bits per heavy atom. The van der Waals surface area contributed by atoms with E-state index < -0.39 is 0 Å². The highest BCUT2D eigenvalue weighted by atomic mass is 16.7. The Kier molecular flexibility index (Phi) is 6.82. The van der Waals surface area contributed by atoms with Crippen LogP contribution in [0.4, 0.5) is 5.82 Å². The van der Waals surface area contributed by atoms with Crippen molar-refractivity contribution in [3.63, 3.8) is 0 Å². The van der Waals surface area contributed by atoms with Crippen LogP contribution in [0.3, 0.4) is 0 Å². The van der Waals surface area contributed by atoms with E-state index in [1.165, 1.54) is 19.3 Å². The number of benzene rings is 1. The van der Waals surface area contributed by atoms with Crippen molar-refractivity contribution < 1.29 is 14.2 Å². The minimum atomic E-state index is 0.128. The standard InChI is InChI=1S/C25H30N6O3/c1-32-16-34-23-12-17(18-13-25(33-2)30-26-14-18)6-7-21(23)22-8-9-24(29-28-22)31-11-10-20(15-31)27-19-4-3-5-19/h6-9,12-14,19-20,27H,3-5,10-11,15-16H2,1-2H3/t20-/m1/s1. The zero-order valence-electron chi connectivity index (χ0n) is 19.6. The first kappa shape index (κ1) is 22.5. The van der Waals surface area contributed by atoms with E-state index in [2.05, 4.69) is 30.6 Å². The van der Waals surface area contributed by atoms with Gasteiger partial charge in [-0.15, -0.1) is 15.3 Å². The average Bonchev–Trinajstić information content (AvgIpc) is 3.34. The molecule has 0 spiro atoms. The first-order chi connectivity index (χ1) is 16.7. The Morgan fingerprint density at radius 2 is 1.88 bits per heavy atom. The Hall–Kier alpha value is -3.30. The monoisotopic (exact) mass is 462 g/mol. The van der Waals surface area contributed by atoms with Crippen molar-refractivity contribution in [3.05, 3.63) is 42.6 Å². The van der Waals surface area contributed by atoms with E-state index in [0.717, 1.165) is 47.7 Å². The molecule has 3 aromatic rings. The van der Waals surface area contributed by atoms with Crippen molar-refractivity contribution in [1.29, 1.82) is 0 Å². The van der Waals surface area contributed by atoms with Crippen LogP contribution in [0.2, 0.25) is 0 Å². The van der Waals surface area contributed by atoms with Gasteiger partial charge in [-0.3, -0.25) is 0 Å². The van der Waals surface area contributed by atoms with E-state index >= 15 is 0 Å². The van der Waals surface area contributed by atoms with Crippen LogP contribution in [0.1, 0.15) is 25.7 Å². The van der Waals surface area contributed by atoms with Gasteiger partial charge in [0.1, 0.15) is 5.75 Å². The second kappa shape index (κ2) is 10.3. The van der Waals surface area contributed by atoms with E-state index in [1.54, 1.807) is 20.4 Å². The van der Waals surface area contributed by atoms with Gasteiger partial charge >= 0.3 is 0 Å². The van der Waals surface area contributed by atoms with E-state index in [0.29, 0.717) is 23.7 Å². The number of methoxy groups -OCH3 is 2. The maximum absolute atomic E-state index is 5.88. The number of anilines is 1. The van der Waals surface area contributed by atoms with Crippen molar-refractivity contribution in [2.75, 3.05) is 39.0 Å². The number of hydrogen-bond donors (Lipinski definition) is 1. The Balaban J connectivity index is 1.34. The van der Waals surface area contributed by atoms with Crippen molar-refractivity contribution in [3.8, 4) is 34.0 Å². The van der Waals surface area contributed by atoms with Crippen molar-refractivity contribution in [1.82, 2.24) is 25.7 Å². The van der Waals surface area contributed by atoms with Crippen LogP contribution in [0.5, 0.6) is 11.6 Å². The molecule has 1 aromatic carbocycles. The molecule has 0 amide bonds. The van der Waals surface area contributed by atoms with Crippen LogP contribution < -0.4 is 19.7 Å². The molecule has 1 aliphatic carbocycles. The number of rotatable bonds is 9. The normalized spacial score (nSPS) is 18.1. The highest BCUT2D eigenvalue weighted by Gasteiger charge is 2.28. The Morgan fingerprint density at radius 1 is 0.971 bits per heavy atom. The number of ether oxygens (including phenoxy) is 3. The van der Waals surface area contributed by atoms with Crippen molar-refractivity contribution in [2.24, 2.45) is 0 Å². The van der Waals surface area contributed by atoms with Gasteiger partial charge in [0.2, 0.25) is 5.88 Å². The average molecular weight is 463 g/mol. The molecule has 0 unspecified atom stereocenters.